The Bertz CT molecular complexity index is 496. The van der Waals surface area contributed by atoms with Gasteiger partial charge in [-0.05, 0) is 17.9 Å². The first-order chi connectivity index (χ1) is 7.72. The first-order valence-electron chi connectivity index (χ1n) is 4.95. The third-order valence-electron chi connectivity index (χ3n) is 2.09. The molecule has 2 aromatic rings. The van der Waals surface area contributed by atoms with Crippen molar-refractivity contribution in [3.05, 3.63) is 35.4 Å². The molecule has 0 saturated carbocycles. The molecule has 1 aromatic carbocycles. The van der Waals surface area contributed by atoms with Crippen LogP contribution in [0.4, 0.5) is 5.82 Å². The number of aromatic nitrogens is 2. The first-order valence-corrected chi connectivity index (χ1v) is 6.32. The summed E-state index contributed by atoms with van der Waals surface area (Å²) in [5.41, 5.74) is 6.71. The van der Waals surface area contributed by atoms with Gasteiger partial charge in [0.25, 0.3) is 0 Å². The monoisotopic (exact) mass is 253 g/mol. The van der Waals surface area contributed by atoms with Crippen LogP contribution in [0.1, 0.15) is 6.92 Å². The molecular weight excluding hydrogens is 242 g/mol. The molecule has 1 aromatic heterocycles. The van der Waals surface area contributed by atoms with Gasteiger partial charge < -0.3 is 5.73 Å². The van der Waals surface area contributed by atoms with E-state index in [2.05, 4.69) is 12.0 Å². The van der Waals surface area contributed by atoms with Gasteiger partial charge in [0.2, 0.25) is 0 Å². The van der Waals surface area contributed by atoms with E-state index in [1.807, 2.05) is 30.3 Å². The third kappa shape index (κ3) is 2.18. The van der Waals surface area contributed by atoms with Gasteiger partial charge >= 0.3 is 0 Å². The Morgan fingerprint density at radius 1 is 1.44 bits per heavy atom. The number of nitrogens with zero attached hydrogens (tertiary/aromatic N) is 2. The Hall–Kier alpha value is -1.13. The van der Waals surface area contributed by atoms with E-state index in [0.29, 0.717) is 10.8 Å². The lowest BCUT2D eigenvalue weighted by Crippen LogP contribution is -2.02. The fourth-order valence-corrected chi connectivity index (χ4v) is 2.26. The van der Waals surface area contributed by atoms with Crippen molar-refractivity contribution in [2.45, 2.75) is 11.9 Å². The fraction of sp³-hybridized carbons (Fsp3) is 0.182. The molecule has 84 valence electrons. The highest BCUT2D eigenvalue weighted by Gasteiger charge is 2.09. The molecule has 0 amide bonds. The SMILES string of the molecule is CCSc1cc(N)n(-c2ccccc2Cl)n1. The average Bonchev–Trinajstić information content (AvgIpc) is 2.61. The molecule has 0 aliphatic heterocycles. The van der Waals surface area contributed by atoms with Crippen molar-refractivity contribution in [3.8, 4) is 5.69 Å². The average molecular weight is 254 g/mol. The molecule has 0 bridgehead atoms. The Labute approximate surface area is 104 Å². The summed E-state index contributed by atoms with van der Waals surface area (Å²) >= 11 is 7.75. The molecule has 2 rings (SSSR count). The van der Waals surface area contributed by atoms with Crippen LogP contribution in [0.3, 0.4) is 0 Å². The lowest BCUT2D eigenvalue weighted by atomic mass is 10.3. The second-order valence-electron chi connectivity index (χ2n) is 3.20. The normalized spacial score (nSPS) is 10.6. The van der Waals surface area contributed by atoms with Gasteiger partial charge in [-0.25, -0.2) is 4.68 Å². The molecule has 2 N–H and O–H groups in total. The molecule has 0 saturated heterocycles. The zero-order valence-corrected chi connectivity index (χ0v) is 10.4. The molecule has 3 nitrogen and oxygen atoms in total. The van der Waals surface area contributed by atoms with E-state index < -0.39 is 0 Å². The van der Waals surface area contributed by atoms with E-state index in [1.54, 1.807) is 16.4 Å². The molecule has 0 atom stereocenters. The van der Waals surface area contributed by atoms with Crippen molar-refractivity contribution < 1.29 is 0 Å². The van der Waals surface area contributed by atoms with E-state index in [4.69, 9.17) is 17.3 Å². The quantitative estimate of drug-likeness (QED) is 0.855. The van der Waals surface area contributed by atoms with Crippen molar-refractivity contribution in [1.82, 2.24) is 9.78 Å². The molecule has 0 fully saturated rings. The van der Waals surface area contributed by atoms with Crippen LogP contribution in [0.25, 0.3) is 5.69 Å². The minimum atomic E-state index is 0.601. The predicted molar refractivity (Wildman–Crippen MR) is 69.4 cm³/mol. The molecule has 16 heavy (non-hydrogen) atoms. The molecular formula is C11H12ClN3S. The summed E-state index contributed by atoms with van der Waals surface area (Å²) in [6, 6.07) is 9.37. The Balaban J connectivity index is 2.44. The third-order valence-corrected chi connectivity index (χ3v) is 3.19. The maximum Gasteiger partial charge on any atom is 0.128 e. The Morgan fingerprint density at radius 2 is 2.19 bits per heavy atom. The smallest absolute Gasteiger partial charge is 0.128 e. The van der Waals surface area contributed by atoms with Crippen LogP contribution in [0, 0.1) is 0 Å². The Kier molecular flexibility index (Phi) is 3.41. The molecule has 0 radical (unpaired) electrons. The van der Waals surface area contributed by atoms with Crippen molar-refractivity contribution in [1.29, 1.82) is 0 Å². The highest BCUT2D eigenvalue weighted by Crippen LogP contribution is 2.25. The van der Waals surface area contributed by atoms with Crippen LogP contribution in [0.5, 0.6) is 0 Å². The van der Waals surface area contributed by atoms with Crippen LogP contribution in [-0.2, 0) is 0 Å². The number of para-hydroxylation sites is 1. The highest BCUT2D eigenvalue weighted by molar-refractivity contribution is 7.99. The second-order valence-corrected chi connectivity index (χ2v) is 4.90. The van der Waals surface area contributed by atoms with Gasteiger partial charge in [-0.3, -0.25) is 0 Å². The van der Waals surface area contributed by atoms with Crippen molar-refractivity contribution in [2.75, 3.05) is 11.5 Å². The summed E-state index contributed by atoms with van der Waals surface area (Å²) in [4.78, 5) is 0. The topological polar surface area (TPSA) is 43.8 Å². The molecule has 0 spiro atoms. The van der Waals surface area contributed by atoms with Gasteiger partial charge in [0.15, 0.2) is 0 Å². The van der Waals surface area contributed by atoms with Crippen molar-refractivity contribution in [3.63, 3.8) is 0 Å². The summed E-state index contributed by atoms with van der Waals surface area (Å²) in [6.07, 6.45) is 0. The molecule has 0 unspecified atom stereocenters. The lowest BCUT2D eigenvalue weighted by Gasteiger charge is -2.05. The van der Waals surface area contributed by atoms with Gasteiger partial charge in [-0.1, -0.05) is 30.7 Å². The van der Waals surface area contributed by atoms with Gasteiger partial charge in [-0.15, -0.1) is 11.8 Å². The van der Waals surface area contributed by atoms with Gasteiger partial charge in [-0.2, -0.15) is 5.10 Å². The molecule has 0 aliphatic rings. The van der Waals surface area contributed by atoms with Crippen LogP contribution >= 0.6 is 23.4 Å². The van der Waals surface area contributed by atoms with Crippen molar-refractivity contribution in [2.24, 2.45) is 0 Å². The zero-order chi connectivity index (χ0) is 11.5. The molecule has 1 heterocycles. The second kappa shape index (κ2) is 4.80. The van der Waals surface area contributed by atoms with E-state index in [0.717, 1.165) is 16.5 Å². The predicted octanol–water partition coefficient (Wildman–Crippen LogP) is 3.22. The van der Waals surface area contributed by atoms with Crippen LogP contribution in [-0.4, -0.2) is 15.5 Å². The minimum absolute atomic E-state index is 0.601. The van der Waals surface area contributed by atoms with E-state index in [9.17, 15) is 0 Å². The summed E-state index contributed by atoms with van der Waals surface area (Å²) in [5.74, 6) is 1.57. The standard InChI is InChI=1S/C11H12ClN3S/c1-2-16-11-7-10(13)15(14-11)9-6-4-3-5-8(9)12/h3-7H,2,13H2,1H3. The molecule has 0 aliphatic carbocycles. The number of nitrogens with two attached hydrogens (primary N) is 1. The van der Waals surface area contributed by atoms with Crippen LogP contribution in [0.15, 0.2) is 35.4 Å². The van der Waals surface area contributed by atoms with Gasteiger partial charge in [0.05, 0.1) is 10.7 Å². The maximum absolute atomic E-state index is 6.09. The fourth-order valence-electron chi connectivity index (χ4n) is 1.41. The van der Waals surface area contributed by atoms with E-state index in [-0.39, 0.29) is 0 Å². The van der Waals surface area contributed by atoms with E-state index in [1.165, 1.54) is 0 Å². The highest BCUT2D eigenvalue weighted by atomic mass is 35.5. The van der Waals surface area contributed by atoms with E-state index >= 15 is 0 Å². The first kappa shape index (κ1) is 11.4. The van der Waals surface area contributed by atoms with Gasteiger partial charge in [0, 0.05) is 6.07 Å². The number of hydrogen-bond donors (Lipinski definition) is 1. The maximum atomic E-state index is 6.09. The number of anilines is 1. The van der Waals surface area contributed by atoms with Crippen LogP contribution in [0.2, 0.25) is 5.02 Å². The number of thioether (sulfide) groups is 1. The number of rotatable bonds is 3. The number of hydrogen-bond acceptors (Lipinski definition) is 3. The summed E-state index contributed by atoms with van der Waals surface area (Å²) < 4.78 is 1.67. The summed E-state index contributed by atoms with van der Waals surface area (Å²) in [5, 5.41) is 5.96. The summed E-state index contributed by atoms with van der Waals surface area (Å²) in [6.45, 7) is 2.08. The Morgan fingerprint density at radius 3 is 2.88 bits per heavy atom. The van der Waals surface area contributed by atoms with Crippen molar-refractivity contribution >= 4 is 29.2 Å². The lowest BCUT2D eigenvalue weighted by molar-refractivity contribution is 0.846. The summed E-state index contributed by atoms with van der Waals surface area (Å²) in [7, 11) is 0. The number of benzene rings is 1. The van der Waals surface area contributed by atoms with Gasteiger partial charge in [0.1, 0.15) is 10.8 Å². The minimum Gasteiger partial charge on any atom is -0.384 e. The largest absolute Gasteiger partial charge is 0.384 e. The number of halogens is 1. The van der Waals surface area contributed by atoms with Crippen LogP contribution < -0.4 is 5.73 Å². The zero-order valence-electron chi connectivity index (χ0n) is 8.85. The molecule has 5 heteroatoms. The number of nitrogen functional groups attached to an aromatic ring is 1.